The van der Waals surface area contributed by atoms with Crippen molar-refractivity contribution in [2.24, 2.45) is 0 Å². The molecule has 0 saturated carbocycles. The molecular weight excluding hydrogens is 470 g/mol. The number of amides is 2. The topological polar surface area (TPSA) is 109 Å². The Morgan fingerprint density at radius 1 is 1.05 bits per heavy atom. The standard InChI is InChI=1S/C29H29N3O5/c1-3-4-7-17-37-23-14-12-20(13-15-23)27(34)25-26(24-11-5-6-16-30-24)32(29(36)28(25)35)22-10-8-9-21(18-22)31-19(2)33/h5-6,8-16,18,26,34H,3-4,7,17H2,1-2H3,(H,31,33)/b27-25+. The van der Waals surface area contributed by atoms with Gasteiger partial charge in [-0.25, -0.2) is 0 Å². The average molecular weight is 500 g/mol. The van der Waals surface area contributed by atoms with Gasteiger partial charge in [-0.05, 0) is 61.0 Å². The van der Waals surface area contributed by atoms with Gasteiger partial charge in [0.1, 0.15) is 17.6 Å². The van der Waals surface area contributed by atoms with Crippen LogP contribution in [-0.4, -0.2) is 34.3 Å². The number of benzene rings is 2. The van der Waals surface area contributed by atoms with E-state index >= 15 is 0 Å². The van der Waals surface area contributed by atoms with Gasteiger partial charge in [0.2, 0.25) is 5.91 Å². The Morgan fingerprint density at radius 3 is 2.51 bits per heavy atom. The molecule has 0 bridgehead atoms. The highest BCUT2D eigenvalue weighted by molar-refractivity contribution is 6.51. The van der Waals surface area contributed by atoms with Crippen LogP contribution >= 0.6 is 0 Å². The molecule has 8 nitrogen and oxygen atoms in total. The van der Waals surface area contributed by atoms with Crippen LogP contribution in [0.3, 0.4) is 0 Å². The maximum atomic E-state index is 13.3. The minimum atomic E-state index is -0.959. The molecule has 2 heterocycles. The van der Waals surface area contributed by atoms with Gasteiger partial charge < -0.3 is 15.2 Å². The molecule has 0 aliphatic carbocycles. The number of carbonyl (C=O) groups is 3. The van der Waals surface area contributed by atoms with Crippen LogP contribution in [0.5, 0.6) is 5.75 Å². The molecule has 1 unspecified atom stereocenters. The molecule has 3 aromatic rings. The lowest BCUT2D eigenvalue weighted by atomic mass is 9.98. The molecule has 1 aromatic heterocycles. The summed E-state index contributed by atoms with van der Waals surface area (Å²) < 4.78 is 5.74. The Morgan fingerprint density at radius 2 is 1.84 bits per heavy atom. The van der Waals surface area contributed by atoms with Gasteiger partial charge in [-0.2, -0.15) is 0 Å². The number of ketones is 1. The van der Waals surface area contributed by atoms with Crippen molar-refractivity contribution in [3.8, 4) is 5.75 Å². The van der Waals surface area contributed by atoms with Crippen LogP contribution in [0, 0.1) is 0 Å². The summed E-state index contributed by atoms with van der Waals surface area (Å²) in [5.74, 6) is -1.53. The van der Waals surface area contributed by atoms with E-state index in [1.807, 2.05) is 0 Å². The van der Waals surface area contributed by atoms with Crippen molar-refractivity contribution in [2.75, 3.05) is 16.8 Å². The number of ether oxygens (including phenoxy) is 1. The quantitative estimate of drug-likeness (QED) is 0.180. The average Bonchev–Trinajstić information content (AvgIpc) is 3.17. The molecule has 2 aromatic carbocycles. The highest BCUT2D eigenvalue weighted by Crippen LogP contribution is 2.42. The number of nitrogens with one attached hydrogen (secondary N) is 1. The second-order valence-corrected chi connectivity index (χ2v) is 8.74. The number of pyridine rings is 1. The van der Waals surface area contributed by atoms with Crippen molar-refractivity contribution in [1.29, 1.82) is 0 Å². The van der Waals surface area contributed by atoms with Crippen molar-refractivity contribution in [1.82, 2.24) is 4.98 Å². The van der Waals surface area contributed by atoms with Gasteiger partial charge in [-0.3, -0.25) is 24.3 Å². The largest absolute Gasteiger partial charge is 0.507 e. The maximum absolute atomic E-state index is 13.3. The summed E-state index contributed by atoms with van der Waals surface area (Å²) in [7, 11) is 0. The number of aliphatic hydroxyl groups is 1. The van der Waals surface area contributed by atoms with Crippen LogP contribution in [0.15, 0.2) is 78.5 Å². The summed E-state index contributed by atoms with van der Waals surface area (Å²) in [4.78, 5) is 43.8. The first-order valence-corrected chi connectivity index (χ1v) is 12.2. The summed E-state index contributed by atoms with van der Waals surface area (Å²) in [5, 5.41) is 14.0. The summed E-state index contributed by atoms with van der Waals surface area (Å²) in [6.07, 6.45) is 4.70. The molecule has 1 fully saturated rings. The van der Waals surface area contributed by atoms with Crippen molar-refractivity contribution >= 4 is 34.7 Å². The van der Waals surface area contributed by atoms with Gasteiger partial charge in [-0.1, -0.05) is 31.9 Å². The molecule has 2 amide bonds. The van der Waals surface area contributed by atoms with E-state index in [9.17, 15) is 19.5 Å². The molecule has 0 spiro atoms. The van der Waals surface area contributed by atoms with Crippen LogP contribution in [0.1, 0.15) is 50.4 Å². The lowest BCUT2D eigenvalue weighted by molar-refractivity contribution is -0.132. The van der Waals surface area contributed by atoms with E-state index in [1.165, 1.54) is 11.8 Å². The zero-order chi connectivity index (χ0) is 26.4. The van der Waals surface area contributed by atoms with Crippen LogP contribution in [0.4, 0.5) is 11.4 Å². The second kappa shape index (κ2) is 11.5. The molecular formula is C29H29N3O5. The first-order chi connectivity index (χ1) is 17.9. The van der Waals surface area contributed by atoms with Gasteiger partial charge in [-0.15, -0.1) is 0 Å². The van der Waals surface area contributed by atoms with Gasteiger partial charge in [0.05, 0.1) is 17.9 Å². The number of nitrogens with zero attached hydrogens (tertiary/aromatic N) is 2. The van der Waals surface area contributed by atoms with Crippen molar-refractivity contribution in [3.05, 3.63) is 89.8 Å². The monoisotopic (exact) mass is 499 g/mol. The lowest BCUT2D eigenvalue weighted by Gasteiger charge is -2.25. The van der Waals surface area contributed by atoms with Gasteiger partial charge in [0, 0.05) is 30.1 Å². The molecule has 4 rings (SSSR count). The SMILES string of the molecule is CCCCCOc1ccc(/C(O)=C2\C(=O)C(=O)N(c3cccc(NC(C)=O)c3)C2c2ccccn2)cc1. The minimum Gasteiger partial charge on any atom is -0.507 e. The smallest absolute Gasteiger partial charge is 0.300 e. The Hall–Kier alpha value is -4.46. The first kappa shape index (κ1) is 25.6. The normalized spacial score (nSPS) is 16.6. The number of Topliss-reactive ketones (excluding diaryl/α,β-unsaturated/α-hetero) is 1. The summed E-state index contributed by atoms with van der Waals surface area (Å²) in [5.41, 5.74) is 1.60. The molecule has 1 aliphatic rings. The zero-order valence-electron chi connectivity index (χ0n) is 20.8. The van der Waals surface area contributed by atoms with E-state index in [1.54, 1.807) is 72.9 Å². The van der Waals surface area contributed by atoms with E-state index in [0.717, 1.165) is 19.3 Å². The first-order valence-electron chi connectivity index (χ1n) is 12.2. The van der Waals surface area contributed by atoms with Crippen LogP contribution in [0.25, 0.3) is 5.76 Å². The van der Waals surface area contributed by atoms with Gasteiger partial charge >= 0.3 is 0 Å². The van der Waals surface area contributed by atoms with Crippen LogP contribution in [-0.2, 0) is 14.4 Å². The lowest BCUT2D eigenvalue weighted by Crippen LogP contribution is -2.30. The predicted octanol–water partition coefficient (Wildman–Crippen LogP) is 5.24. The molecule has 1 aliphatic heterocycles. The third-order valence-electron chi connectivity index (χ3n) is 6.00. The van der Waals surface area contributed by atoms with Crippen LogP contribution < -0.4 is 15.0 Å². The van der Waals surface area contributed by atoms with E-state index in [2.05, 4.69) is 17.2 Å². The number of carbonyl (C=O) groups excluding carboxylic acids is 3. The number of aromatic nitrogens is 1. The predicted molar refractivity (Wildman–Crippen MR) is 141 cm³/mol. The third kappa shape index (κ3) is 5.69. The Balaban J connectivity index is 1.74. The molecule has 37 heavy (non-hydrogen) atoms. The third-order valence-corrected chi connectivity index (χ3v) is 6.00. The number of hydrogen-bond acceptors (Lipinski definition) is 6. The number of rotatable bonds is 9. The van der Waals surface area contributed by atoms with Crippen LogP contribution in [0.2, 0.25) is 0 Å². The summed E-state index contributed by atoms with van der Waals surface area (Å²) in [6, 6.07) is 17.6. The highest BCUT2D eigenvalue weighted by Gasteiger charge is 2.47. The van der Waals surface area contributed by atoms with Crippen molar-refractivity contribution in [3.63, 3.8) is 0 Å². The summed E-state index contributed by atoms with van der Waals surface area (Å²) in [6.45, 7) is 4.11. The maximum Gasteiger partial charge on any atom is 0.300 e. The van der Waals surface area contributed by atoms with E-state index in [-0.39, 0.29) is 17.2 Å². The van der Waals surface area contributed by atoms with Crippen molar-refractivity contribution in [2.45, 2.75) is 39.2 Å². The van der Waals surface area contributed by atoms with Gasteiger partial charge in [0.25, 0.3) is 11.7 Å². The zero-order valence-corrected chi connectivity index (χ0v) is 20.8. The fraction of sp³-hybridized carbons (Fsp3) is 0.241. The van der Waals surface area contributed by atoms with E-state index in [0.29, 0.717) is 35.0 Å². The molecule has 0 radical (unpaired) electrons. The number of unbranched alkanes of at least 4 members (excludes halogenated alkanes) is 2. The number of aliphatic hydroxyl groups excluding tert-OH is 1. The Labute approximate surface area is 215 Å². The number of hydrogen-bond donors (Lipinski definition) is 2. The Kier molecular flexibility index (Phi) is 7.98. The fourth-order valence-electron chi connectivity index (χ4n) is 4.26. The summed E-state index contributed by atoms with van der Waals surface area (Å²) >= 11 is 0. The fourth-order valence-corrected chi connectivity index (χ4v) is 4.26. The van der Waals surface area contributed by atoms with E-state index in [4.69, 9.17) is 4.74 Å². The Bertz CT molecular complexity index is 1320. The molecule has 8 heteroatoms. The van der Waals surface area contributed by atoms with Gasteiger partial charge in [0.15, 0.2) is 0 Å². The molecule has 2 N–H and O–H groups in total. The van der Waals surface area contributed by atoms with E-state index < -0.39 is 17.7 Å². The number of anilines is 2. The molecule has 190 valence electrons. The van der Waals surface area contributed by atoms with Crippen molar-refractivity contribution < 1.29 is 24.2 Å². The molecule has 1 atom stereocenters. The minimum absolute atomic E-state index is 0.0646. The second-order valence-electron chi connectivity index (χ2n) is 8.74. The molecule has 1 saturated heterocycles. The highest BCUT2D eigenvalue weighted by atomic mass is 16.5.